The van der Waals surface area contributed by atoms with Gasteiger partial charge in [-0.3, -0.25) is 5.41 Å². The van der Waals surface area contributed by atoms with Crippen molar-refractivity contribution in [3.8, 4) is 5.88 Å². The first kappa shape index (κ1) is 8.49. The van der Waals surface area contributed by atoms with Gasteiger partial charge in [-0.25, -0.2) is 9.97 Å². The first-order valence-corrected chi connectivity index (χ1v) is 3.97. The van der Waals surface area contributed by atoms with Gasteiger partial charge in [-0.05, 0) is 6.92 Å². The Kier molecular flexibility index (Phi) is 1.63. The Morgan fingerprint density at radius 1 is 1.50 bits per heavy atom. The van der Waals surface area contributed by atoms with Gasteiger partial charge in [0.15, 0.2) is 0 Å². The van der Waals surface area contributed by atoms with Crippen LogP contribution in [0, 0.1) is 12.3 Å². The fourth-order valence-corrected chi connectivity index (χ4v) is 1.23. The number of amidine groups is 1. The molecule has 6 nitrogen and oxygen atoms in total. The molecule has 0 aliphatic rings. The van der Waals surface area contributed by atoms with Crippen molar-refractivity contribution in [1.29, 1.82) is 5.41 Å². The van der Waals surface area contributed by atoms with Gasteiger partial charge in [-0.1, -0.05) is 0 Å². The lowest BCUT2D eigenvalue weighted by molar-refractivity contribution is 0.455. The fourth-order valence-electron chi connectivity index (χ4n) is 1.23. The Hall–Kier alpha value is -2.11. The van der Waals surface area contributed by atoms with Crippen molar-refractivity contribution in [3.63, 3.8) is 0 Å². The highest BCUT2D eigenvalue weighted by Crippen LogP contribution is 2.15. The van der Waals surface area contributed by atoms with Gasteiger partial charge in [0.1, 0.15) is 11.5 Å². The molecule has 2 aromatic heterocycles. The zero-order valence-corrected chi connectivity index (χ0v) is 7.52. The van der Waals surface area contributed by atoms with E-state index >= 15 is 0 Å². The number of aromatic hydroxyl groups is 1. The number of nitrogens with two attached hydrogens (primary N) is 1. The third-order valence-corrected chi connectivity index (χ3v) is 1.82. The van der Waals surface area contributed by atoms with Gasteiger partial charge in [0.05, 0.1) is 5.69 Å². The minimum atomic E-state index is -0.217. The quantitative estimate of drug-likeness (QED) is 0.437. The third-order valence-electron chi connectivity index (χ3n) is 1.82. The highest BCUT2D eigenvalue weighted by Gasteiger charge is 2.08. The smallest absolute Gasteiger partial charge is 0.256 e. The molecule has 0 spiro atoms. The summed E-state index contributed by atoms with van der Waals surface area (Å²) in [7, 11) is 0. The van der Waals surface area contributed by atoms with E-state index in [1.165, 1.54) is 0 Å². The fraction of sp³-hybridized carbons (Fsp3) is 0.125. The number of nitrogens with one attached hydrogen (secondary N) is 1. The maximum Gasteiger partial charge on any atom is 0.256 e. The van der Waals surface area contributed by atoms with E-state index in [4.69, 9.17) is 11.1 Å². The van der Waals surface area contributed by atoms with Crippen molar-refractivity contribution in [2.45, 2.75) is 6.92 Å². The Morgan fingerprint density at radius 3 is 2.86 bits per heavy atom. The summed E-state index contributed by atoms with van der Waals surface area (Å²) in [6.07, 6.45) is 3.28. The Morgan fingerprint density at radius 2 is 2.21 bits per heavy atom. The summed E-state index contributed by atoms with van der Waals surface area (Å²) >= 11 is 0. The number of rotatable bonds is 1. The van der Waals surface area contributed by atoms with E-state index in [0.717, 1.165) is 5.69 Å². The second-order valence-electron chi connectivity index (χ2n) is 2.98. The largest absolute Gasteiger partial charge is 0.491 e. The zero-order chi connectivity index (χ0) is 10.3. The molecule has 0 saturated carbocycles. The van der Waals surface area contributed by atoms with Gasteiger partial charge in [-0.2, -0.15) is 0 Å². The normalized spacial score (nSPS) is 10.6. The highest BCUT2D eigenvalue weighted by molar-refractivity contribution is 5.93. The molecule has 0 aromatic carbocycles. The average molecular weight is 191 g/mol. The van der Waals surface area contributed by atoms with Crippen molar-refractivity contribution >= 4 is 11.5 Å². The lowest BCUT2D eigenvalue weighted by Gasteiger charge is -2.00. The first-order chi connectivity index (χ1) is 6.58. The van der Waals surface area contributed by atoms with Gasteiger partial charge in [0.25, 0.3) is 5.88 Å². The van der Waals surface area contributed by atoms with Crippen LogP contribution in [0.1, 0.15) is 11.4 Å². The summed E-state index contributed by atoms with van der Waals surface area (Å²) in [5.74, 6) is -0.403. The van der Waals surface area contributed by atoms with Crippen molar-refractivity contribution in [1.82, 2.24) is 14.4 Å². The van der Waals surface area contributed by atoms with Crippen molar-refractivity contribution in [2.24, 2.45) is 5.73 Å². The molecule has 6 heteroatoms. The molecule has 0 saturated heterocycles. The molecule has 4 N–H and O–H groups in total. The Balaban J connectivity index is 2.77. The molecule has 0 amide bonds. The molecule has 2 heterocycles. The minimum Gasteiger partial charge on any atom is -0.491 e. The summed E-state index contributed by atoms with van der Waals surface area (Å²) in [5, 5.41) is 16.7. The summed E-state index contributed by atoms with van der Waals surface area (Å²) in [6, 6.07) is 0. The van der Waals surface area contributed by atoms with Crippen LogP contribution in [-0.2, 0) is 0 Å². The van der Waals surface area contributed by atoms with Gasteiger partial charge < -0.3 is 15.2 Å². The summed E-state index contributed by atoms with van der Waals surface area (Å²) < 4.78 is 1.59. The van der Waals surface area contributed by atoms with Gasteiger partial charge in [0.2, 0.25) is 5.65 Å². The molecule has 0 aliphatic carbocycles. The lowest BCUT2D eigenvalue weighted by atomic mass is 10.4. The van der Waals surface area contributed by atoms with Gasteiger partial charge in [-0.15, -0.1) is 0 Å². The molecule has 0 radical (unpaired) electrons. The van der Waals surface area contributed by atoms with Crippen LogP contribution in [0.5, 0.6) is 5.88 Å². The lowest BCUT2D eigenvalue weighted by Crippen LogP contribution is -2.14. The molecule has 72 valence electrons. The molecule has 0 bridgehead atoms. The zero-order valence-electron chi connectivity index (χ0n) is 7.52. The van der Waals surface area contributed by atoms with Crippen LogP contribution < -0.4 is 5.73 Å². The van der Waals surface area contributed by atoms with Crippen LogP contribution in [0.4, 0.5) is 0 Å². The number of fused-ring (bicyclic) bond motifs is 1. The maximum atomic E-state index is 9.47. The van der Waals surface area contributed by atoms with Crippen LogP contribution in [0.2, 0.25) is 0 Å². The van der Waals surface area contributed by atoms with Crippen molar-refractivity contribution < 1.29 is 5.11 Å². The predicted molar refractivity (Wildman–Crippen MR) is 50.4 cm³/mol. The SMILES string of the molecule is Cc1cn2cc(C(=N)N)nc(O)c2n1. The summed E-state index contributed by atoms with van der Waals surface area (Å²) in [6.45, 7) is 1.81. The number of nitrogens with zero attached hydrogens (tertiary/aromatic N) is 3. The third kappa shape index (κ3) is 1.17. The Bertz CT molecular complexity index is 516. The number of nitrogen functional groups attached to an aromatic ring is 1. The molecule has 2 aromatic rings. The molecule has 0 unspecified atom stereocenters. The molecule has 0 aliphatic heterocycles. The molecular formula is C8H9N5O. The number of aromatic nitrogens is 3. The average Bonchev–Trinajstić information content (AvgIpc) is 2.45. The summed E-state index contributed by atoms with van der Waals surface area (Å²) in [5.41, 5.74) is 6.62. The number of hydrogen-bond donors (Lipinski definition) is 3. The molecule has 0 atom stereocenters. The number of imidazole rings is 1. The highest BCUT2D eigenvalue weighted by atomic mass is 16.3. The number of hydrogen-bond acceptors (Lipinski definition) is 4. The second kappa shape index (κ2) is 2.69. The summed E-state index contributed by atoms with van der Waals surface area (Å²) in [4.78, 5) is 7.79. The molecule has 2 rings (SSSR count). The van der Waals surface area contributed by atoms with Gasteiger partial charge in [0, 0.05) is 12.4 Å². The first-order valence-electron chi connectivity index (χ1n) is 3.97. The minimum absolute atomic E-state index is 0.187. The van der Waals surface area contributed by atoms with Crippen LogP contribution in [0.15, 0.2) is 12.4 Å². The van der Waals surface area contributed by atoms with E-state index in [9.17, 15) is 5.11 Å². The predicted octanol–water partition coefficient (Wildman–Crippen LogP) is 0.0274. The van der Waals surface area contributed by atoms with E-state index in [0.29, 0.717) is 5.65 Å². The van der Waals surface area contributed by atoms with Crippen LogP contribution in [-0.4, -0.2) is 25.3 Å². The second-order valence-corrected chi connectivity index (χ2v) is 2.98. The maximum absolute atomic E-state index is 9.47. The van der Waals surface area contributed by atoms with Crippen LogP contribution in [0.25, 0.3) is 5.65 Å². The molecular weight excluding hydrogens is 182 g/mol. The van der Waals surface area contributed by atoms with Crippen LogP contribution in [0.3, 0.4) is 0 Å². The molecule has 0 fully saturated rings. The van der Waals surface area contributed by atoms with Crippen molar-refractivity contribution in [2.75, 3.05) is 0 Å². The van der Waals surface area contributed by atoms with E-state index in [1.54, 1.807) is 23.7 Å². The van der Waals surface area contributed by atoms with Crippen molar-refractivity contribution in [3.05, 3.63) is 23.8 Å². The van der Waals surface area contributed by atoms with Crippen LogP contribution >= 0.6 is 0 Å². The molecule has 14 heavy (non-hydrogen) atoms. The van der Waals surface area contributed by atoms with E-state index < -0.39 is 0 Å². The van der Waals surface area contributed by atoms with Gasteiger partial charge >= 0.3 is 0 Å². The number of aryl methyl sites for hydroxylation is 1. The van der Waals surface area contributed by atoms with E-state index in [-0.39, 0.29) is 17.4 Å². The standard InChI is InChI=1S/C8H9N5O/c1-4-2-13-3-5(6(9)10)12-8(14)7(13)11-4/h2-3H,1H3,(H3,9,10)(H,12,14). The van der Waals surface area contributed by atoms with E-state index in [2.05, 4.69) is 9.97 Å². The topological polar surface area (TPSA) is 100 Å². The van der Waals surface area contributed by atoms with E-state index in [1.807, 2.05) is 0 Å². The monoisotopic (exact) mass is 191 g/mol. The Labute approximate surface area is 79.5 Å².